The van der Waals surface area contributed by atoms with Crippen LogP contribution in [0.5, 0.6) is 0 Å². The Labute approximate surface area is 136 Å². The smallest absolute Gasteiger partial charge is 0.307 e. The summed E-state index contributed by atoms with van der Waals surface area (Å²) >= 11 is 0. The highest BCUT2D eigenvalue weighted by atomic mass is 16.4. The third kappa shape index (κ3) is 9.07. The lowest BCUT2D eigenvalue weighted by Crippen LogP contribution is -2.07. The van der Waals surface area contributed by atoms with Crippen LogP contribution in [-0.2, 0) is 4.79 Å². The highest BCUT2D eigenvalue weighted by Crippen LogP contribution is 2.38. The number of hydrogen-bond donors (Lipinski definition) is 1. The van der Waals surface area contributed by atoms with Gasteiger partial charge in [-0.05, 0) is 50.4 Å². The maximum atomic E-state index is 10.4. The summed E-state index contributed by atoms with van der Waals surface area (Å²) in [5.74, 6) is 1.15. The molecule has 1 rings (SSSR count). The lowest BCUT2D eigenvalue weighted by molar-refractivity contribution is -0.136. The summed E-state index contributed by atoms with van der Waals surface area (Å²) in [6.45, 7) is 2.19. The van der Waals surface area contributed by atoms with Crippen LogP contribution in [0.1, 0.15) is 84.0 Å². The van der Waals surface area contributed by atoms with Gasteiger partial charge in [-0.1, -0.05) is 63.3 Å². The molecule has 0 spiro atoms. The third-order valence-corrected chi connectivity index (χ3v) is 4.82. The van der Waals surface area contributed by atoms with Crippen LogP contribution in [-0.4, -0.2) is 11.1 Å². The molecule has 0 saturated heterocycles. The Balaban J connectivity index is 2.08. The van der Waals surface area contributed by atoms with Crippen molar-refractivity contribution in [3.63, 3.8) is 0 Å². The van der Waals surface area contributed by atoms with Crippen LogP contribution < -0.4 is 0 Å². The number of rotatable bonds is 12. The van der Waals surface area contributed by atoms with Gasteiger partial charge in [-0.15, -0.1) is 0 Å². The molecular weight excluding hydrogens is 272 g/mol. The van der Waals surface area contributed by atoms with Crippen molar-refractivity contribution >= 4 is 5.97 Å². The van der Waals surface area contributed by atoms with Crippen LogP contribution in [0, 0.1) is 11.8 Å². The Morgan fingerprint density at radius 3 is 2.27 bits per heavy atom. The van der Waals surface area contributed by atoms with Gasteiger partial charge in [0, 0.05) is 0 Å². The molecule has 0 aliphatic heterocycles. The molecule has 0 bridgehead atoms. The van der Waals surface area contributed by atoms with Gasteiger partial charge < -0.3 is 5.11 Å². The zero-order valence-corrected chi connectivity index (χ0v) is 14.3. The first kappa shape index (κ1) is 19.0. The van der Waals surface area contributed by atoms with Gasteiger partial charge in [-0.2, -0.15) is 0 Å². The van der Waals surface area contributed by atoms with Crippen molar-refractivity contribution in [2.24, 2.45) is 11.8 Å². The molecule has 2 heteroatoms. The third-order valence-electron chi connectivity index (χ3n) is 4.82. The number of carboxylic acids is 1. The van der Waals surface area contributed by atoms with Crippen molar-refractivity contribution in [3.05, 3.63) is 24.3 Å². The van der Waals surface area contributed by atoms with Crippen LogP contribution >= 0.6 is 0 Å². The molecule has 0 aromatic heterocycles. The topological polar surface area (TPSA) is 37.3 Å². The van der Waals surface area contributed by atoms with Crippen LogP contribution in [0.15, 0.2) is 24.3 Å². The van der Waals surface area contributed by atoms with Gasteiger partial charge in [0.15, 0.2) is 0 Å². The molecule has 0 heterocycles. The molecule has 2 atom stereocenters. The summed E-state index contributed by atoms with van der Waals surface area (Å²) in [6.07, 6.45) is 23.0. The molecule has 1 saturated carbocycles. The van der Waals surface area contributed by atoms with E-state index in [-0.39, 0.29) is 6.42 Å². The lowest BCUT2D eigenvalue weighted by atomic mass is 9.87. The Morgan fingerprint density at radius 2 is 1.59 bits per heavy atom. The monoisotopic (exact) mass is 306 g/mol. The van der Waals surface area contributed by atoms with E-state index in [0.29, 0.717) is 0 Å². The van der Waals surface area contributed by atoms with E-state index >= 15 is 0 Å². The van der Waals surface area contributed by atoms with Crippen molar-refractivity contribution in [1.29, 1.82) is 0 Å². The zero-order valence-electron chi connectivity index (χ0n) is 14.3. The molecule has 2 nitrogen and oxygen atoms in total. The molecule has 0 aromatic rings. The van der Waals surface area contributed by atoms with Gasteiger partial charge in [0.1, 0.15) is 0 Å². The van der Waals surface area contributed by atoms with E-state index in [0.717, 1.165) is 24.7 Å². The fourth-order valence-electron chi connectivity index (χ4n) is 3.63. The Kier molecular flexibility index (Phi) is 10.8. The summed E-state index contributed by atoms with van der Waals surface area (Å²) in [4.78, 5) is 10.4. The fraction of sp³-hybridized carbons (Fsp3) is 0.750. The normalized spacial score (nSPS) is 22.0. The Bertz CT molecular complexity index is 344. The van der Waals surface area contributed by atoms with Crippen molar-refractivity contribution < 1.29 is 9.90 Å². The predicted molar refractivity (Wildman–Crippen MR) is 94.0 cm³/mol. The lowest BCUT2D eigenvalue weighted by Gasteiger charge is -2.19. The fourth-order valence-corrected chi connectivity index (χ4v) is 3.63. The van der Waals surface area contributed by atoms with E-state index in [1.165, 1.54) is 57.8 Å². The minimum absolute atomic E-state index is 0.165. The number of aliphatic carboxylic acids is 1. The quantitative estimate of drug-likeness (QED) is 0.348. The van der Waals surface area contributed by atoms with E-state index in [1.54, 1.807) is 6.08 Å². The van der Waals surface area contributed by atoms with Crippen LogP contribution in [0.25, 0.3) is 0 Å². The van der Waals surface area contributed by atoms with E-state index < -0.39 is 5.97 Å². The summed E-state index contributed by atoms with van der Waals surface area (Å²) in [7, 11) is 0. The largest absolute Gasteiger partial charge is 0.481 e. The second-order valence-electron chi connectivity index (χ2n) is 6.62. The molecule has 0 aromatic carbocycles. The van der Waals surface area contributed by atoms with Gasteiger partial charge in [-0.3, -0.25) is 4.79 Å². The Hall–Kier alpha value is -1.05. The average Bonchev–Trinajstić information content (AvgIpc) is 2.93. The van der Waals surface area contributed by atoms with Gasteiger partial charge in [0.25, 0.3) is 0 Å². The molecule has 1 fully saturated rings. The van der Waals surface area contributed by atoms with E-state index in [4.69, 9.17) is 5.11 Å². The number of hydrogen-bond acceptors (Lipinski definition) is 1. The van der Waals surface area contributed by atoms with Gasteiger partial charge in [-0.25, -0.2) is 0 Å². The standard InChI is InChI=1S/C20H34O2/c1-2-3-4-5-6-9-13-18-15-12-16-19(18)14-10-7-8-11-17-20(21)22/h3-4,8,11,18-19H,2,5-7,9-10,12-17H2,1H3,(H,21,22)/t18-,19-/m0/s1. The van der Waals surface area contributed by atoms with Crippen LogP contribution in [0.4, 0.5) is 0 Å². The average molecular weight is 306 g/mol. The molecule has 1 aliphatic rings. The van der Waals surface area contributed by atoms with E-state index in [1.807, 2.05) is 6.08 Å². The van der Waals surface area contributed by atoms with E-state index in [9.17, 15) is 4.79 Å². The second kappa shape index (κ2) is 12.5. The minimum atomic E-state index is -0.735. The molecule has 1 N–H and O–H groups in total. The predicted octanol–water partition coefficient (Wildman–Crippen LogP) is 6.13. The summed E-state index contributed by atoms with van der Waals surface area (Å²) < 4.78 is 0. The van der Waals surface area contributed by atoms with Crippen molar-refractivity contribution in [2.75, 3.05) is 0 Å². The summed E-state index contributed by atoms with van der Waals surface area (Å²) in [5, 5.41) is 8.57. The highest BCUT2D eigenvalue weighted by molar-refractivity contribution is 5.68. The summed E-state index contributed by atoms with van der Waals surface area (Å²) in [5.41, 5.74) is 0. The maximum Gasteiger partial charge on any atom is 0.307 e. The number of allylic oxidation sites excluding steroid dienone is 3. The van der Waals surface area contributed by atoms with Crippen LogP contribution in [0.3, 0.4) is 0 Å². The van der Waals surface area contributed by atoms with Crippen molar-refractivity contribution in [1.82, 2.24) is 0 Å². The van der Waals surface area contributed by atoms with E-state index in [2.05, 4.69) is 19.1 Å². The van der Waals surface area contributed by atoms with Gasteiger partial charge >= 0.3 is 5.97 Å². The van der Waals surface area contributed by atoms with Crippen LogP contribution in [0.2, 0.25) is 0 Å². The van der Waals surface area contributed by atoms with Gasteiger partial charge in [0.2, 0.25) is 0 Å². The SMILES string of the molecule is CCC=CCCCC[C@H]1CCC[C@@H]1CCCC=CCC(=O)O. The minimum Gasteiger partial charge on any atom is -0.481 e. The Morgan fingerprint density at radius 1 is 0.955 bits per heavy atom. The molecule has 0 unspecified atom stereocenters. The first-order chi connectivity index (χ1) is 10.7. The summed E-state index contributed by atoms with van der Waals surface area (Å²) in [6, 6.07) is 0. The molecule has 1 aliphatic carbocycles. The first-order valence-electron chi connectivity index (χ1n) is 9.25. The second-order valence-corrected chi connectivity index (χ2v) is 6.62. The number of carbonyl (C=O) groups is 1. The number of carboxylic acid groups (broad SMARTS) is 1. The zero-order chi connectivity index (χ0) is 16.0. The van der Waals surface area contributed by atoms with Gasteiger partial charge in [0.05, 0.1) is 6.42 Å². The molecule has 0 radical (unpaired) electrons. The van der Waals surface area contributed by atoms with Crippen molar-refractivity contribution in [2.45, 2.75) is 84.0 Å². The number of unbranched alkanes of at least 4 members (excludes halogenated alkanes) is 3. The maximum absolute atomic E-state index is 10.4. The molecular formula is C20H34O2. The highest BCUT2D eigenvalue weighted by Gasteiger charge is 2.25. The van der Waals surface area contributed by atoms with Crippen molar-refractivity contribution in [3.8, 4) is 0 Å². The molecule has 0 amide bonds. The molecule has 22 heavy (non-hydrogen) atoms. The molecule has 126 valence electrons. The first-order valence-corrected chi connectivity index (χ1v) is 9.25.